The zero-order chi connectivity index (χ0) is 22.5. The van der Waals surface area contributed by atoms with Crippen LogP contribution in [-0.2, 0) is 16.8 Å². The quantitative estimate of drug-likeness (QED) is 0.402. The van der Waals surface area contributed by atoms with Gasteiger partial charge in [-0.15, -0.1) is 0 Å². The highest BCUT2D eigenvalue weighted by molar-refractivity contribution is 5.98. The van der Waals surface area contributed by atoms with Crippen LogP contribution in [-0.4, -0.2) is 20.4 Å². The molecule has 0 spiro atoms. The fourth-order valence-corrected chi connectivity index (χ4v) is 4.03. The molecule has 0 aliphatic heterocycles. The van der Waals surface area contributed by atoms with Crippen molar-refractivity contribution in [1.29, 1.82) is 0 Å². The summed E-state index contributed by atoms with van der Waals surface area (Å²) in [6.07, 6.45) is 0. The third-order valence-electron chi connectivity index (χ3n) is 5.66. The number of para-hydroxylation sites is 2. The van der Waals surface area contributed by atoms with Gasteiger partial charge in [0.2, 0.25) is 5.91 Å². The van der Waals surface area contributed by atoms with Crippen molar-refractivity contribution >= 4 is 44.4 Å². The first-order valence-corrected chi connectivity index (χ1v) is 10.6. The van der Waals surface area contributed by atoms with Gasteiger partial charge in [-0.05, 0) is 42.5 Å². The van der Waals surface area contributed by atoms with Gasteiger partial charge < -0.3 is 14.9 Å². The van der Waals surface area contributed by atoms with E-state index in [0.29, 0.717) is 16.5 Å². The van der Waals surface area contributed by atoms with Crippen LogP contribution in [0.25, 0.3) is 32.8 Å². The summed E-state index contributed by atoms with van der Waals surface area (Å²) in [6.45, 7) is 6.40. The van der Waals surface area contributed by atoms with Gasteiger partial charge in [0.25, 0.3) is 0 Å². The second-order valence-electron chi connectivity index (χ2n) is 9.07. The Morgan fingerprint density at radius 2 is 1.59 bits per heavy atom. The molecule has 1 amide bonds. The van der Waals surface area contributed by atoms with Crippen LogP contribution in [0.2, 0.25) is 0 Å². The number of rotatable bonds is 3. The number of anilines is 1. The molecule has 0 saturated heterocycles. The third-order valence-corrected chi connectivity index (χ3v) is 5.66. The smallest absolute Gasteiger partial charge is 0.244 e. The van der Waals surface area contributed by atoms with Crippen LogP contribution in [0, 0.1) is 0 Å². The molecule has 0 aliphatic rings. The lowest BCUT2D eigenvalue weighted by molar-refractivity contribution is -0.116. The van der Waals surface area contributed by atoms with Gasteiger partial charge in [0, 0.05) is 21.9 Å². The number of hydrogen-bond donors (Lipinski definition) is 2. The van der Waals surface area contributed by atoms with E-state index in [1.165, 1.54) is 0 Å². The standard InChI is InChI=1S/C26H24N4O2/c1-26(2,3)25-28-19-13-12-16(14-20(19)29-25)27-23(31)15-30-21-10-6-4-8-17(21)24(32)18-9-5-7-11-22(18)30/h4-14H,15H2,1-3H3,(H,27,31)(H,28,29). The van der Waals surface area contributed by atoms with E-state index in [2.05, 4.69) is 36.1 Å². The monoisotopic (exact) mass is 424 g/mol. The molecule has 0 saturated carbocycles. The Kier molecular flexibility index (Phi) is 4.59. The van der Waals surface area contributed by atoms with Gasteiger partial charge in [0.15, 0.2) is 5.43 Å². The van der Waals surface area contributed by atoms with Crippen LogP contribution < -0.4 is 10.7 Å². The minimum atomic E-state index is -0.168. The lowest BCUT2D eigenvalue weighted by atomic mass is 9.96. The number of aromatic nitrogens is 3. The molecule has 6 nitrogen and oxygen atoms in total. The molecule has 0 atom stereocenters. The number of nitrogens with one attached hydrogen (secondary N) is 2. The van der Waals surface area contributed by atoms with Gasteiger partial charge in [-0.1, -0.05) is 45.0 Å². The largest absolute Gasteiger partial charge is 0.341 e. The molecule has 2 heterocycles. The summed E-state index contributed by atoms with van der Waals surface area (Å²) in [5, 5.41) is 4.20. The minimum absolute atomic E-state index is 0.0211. The fraction of sp³-hybridized carbons (Fsp3) is 0.192. The van der Waals surface area contributed by atoms with Crippen molar-refractivity contribution in [3.8, 4) is 0 Å². The van der Waals surface area contributed by atoms with Gasteiger partial charge in [-0.3, -0.25) is 9.59 Å². The molecular weight excluding hydrogens is 400 g/mol. The van der Waals surface area contributed by atoms with Crippen molar-refractivity contribution in [3.05, 3.63) is 82.8 Å². The van der Waals surface area contributed by atoms with Crippen LogP contribution in [0.5, 0.6) is 0 Å². The van der Waals surface area contributed by atoms with E-state index in [1.807, 2.05) is 59.2 Å². The first-order valence-electron chi connectivity index (χ1n) is 10.6. The minimum Gasteiger partial charge on any atom is -0.341 e. The zero-order valence-corrected chi connectivity index (χ0v) is 18.3. The second kappa shape index (κ2) is 7.34. The van der Waals surface area contributed by atoms with Crippen LogP contribution in [0.1, 0.15) is 26.6 Å². The number of nitrogens with zero attached hydrogens (tertiary/aromatic N) is 2. The van der Waals surface area contributed by atoms with Gasteiger partial charge in [0.1, 0.15) is 12.4 Å². The molecule has 5 aromatic rings. The Hall–Kier alpha value is -3.93. The van der Waals surface area contributed by atoms with Crippen LogP contribution in [0.3, 0.4) is 0 Å². The predicted molar refractivity (Wildman–Crippen MR) is 129 cm³/mol. The first-order chi connectivity index (χ1) is 15.3. The highest BCUT2D eigenvalue weighted by atomic mass is 16.2. The predicted octanol–water partition coefficient (Wildman–Crippen LogP) is 4.97. The number of carbonyl (C=O) groups is 1. The van der Waals surface area contributed by atoms with Gasteiger partial charge in [0.05, 0.1) is 22.1 Å². The summed E-state index contributed by atoms with van der Waals surface area (Å²) in [7, 11) is 0. The Bertz CT molecular complexity index is 1490. The number of benzene rings is 3. The number of fused-ring (bicyclic) bond motifs is 3. The average molecular weight is 425 g/mol. The van der Waals surface area contributed by atoms with E-state index < -0.39 is 0 Å². The molecule has 6 heteroatoms. The van der Waals surface area contributed by atoms with Crippen LogP contribution >= 0.6 is 0 Å². The number of amides is 1. The molecule has 0 unspecified atom stereocenters. The van der Waals surface area contributed by atoms with Gasteiger partial charge >= 0.3 is 0 Å². The lowest BCUT2D eigenvalue weighted by Gasteiger charge is -2.15. The molecule has 0 radical (unpaired) electrons. The summed E-state index contributed by atoms with van der Waals surface area (Å²) >= 11 is 0. The molecular formula is C26H24N4O2. The van der Waals surface area contributed by atoms with E-state index in [9.17, 15) is 9.59 Å². The molecule has 32 heavy (non-hydrogen) atoms. The number of H-pyrrole nitrogens is 1. The molecule has 0 bridgehead atoms. The van der Waals surface area contributed by atoms with Gasteiger partial charge in [-0.2, -0.15) is 0 Å². The van der Waals surface area contributed by atoms with E-state index in [1.54, 1.807) is 12.1 Å². The molecule has 5 rings (SSSR count). The first kappa shape index (κ1) is 20.0. The highest BCUT2D eigenvalue weighted by Crippen LogP contribution is 2.25. The molecule has 160 valence electrons. The number of carbonyl (C=O) groups excluding carboxylic acids is 1. The molecule has 0 aliphatic carbocycles. The van der Waals surface area contributed by atoms with Crippen molar-refractivity contribution in [1.82, 2.24) is 14.5 Å². The van der Waals surface area contributed by atoms with Crippen LogP contribution in [0.4, 0.5) is 5.69 Å². The summed E-state index contributed by atoms with van der Waals surface area (Å²) in [6, 6.07) is 20.5. The SMILES string of the molecule is CC(C)(C)c1nc2ccc(NC(=O)Cn3c4ccccc4c(=O)c4ccccc43)cc2[nH]1. The number of hydrogen-bond acceptors (Lipinski definition) is 3. The maximum atomic E-state index is 13.0. The Balaban J connectivity index is 1.50. The number of aromatic amines is 1. The van der Waals surface area contributed by atoms with Crippen molar-refractivity contribution < 1.29 is 4.79 Å². The summed E-state index contributed by atoms with van der Waals surface area (Å²) < 4.78 is 1.90. The van der Waals surface area contributed by atoms with Crippen molar-refractivity contribution in [2.24, 2.45) is 0 Å². The Morgan fingerprint density at radius 1 is 0.969 bits per heavy atom. The van der Waals surface area contributed by atoms with E-state index in [0.717, 1.165) is 27.9 Å². The maximum absolute atomic E-state index is 13.0. The molecule has 2 aromatic heterocycles. The van der Waals surface area contributed by atoms with Crippen molar-refractivity contribution in [2.75, 3.05) is 5.32 Å². The summed E-state index contributed by atoms with van der Waals surface area (Å²) in [5.41, 5.74) is 3.82. The van der Waals surface area contributed by atoms with Gasteiger partial charge in [-0.25, -0.2) is 4.98 Å². The topological polar surface area (TPSA) is 79.8 Å². The van der Waals surface area contributed by atoms with E-state index in [-0.39, 0.29) is 23.3 Å². The Morgan fingerprint density at radius 3 is 2.22 bits per heavy atom. The molecule has 0 fully saturated rings. The zero-order valence-electron chi connectivity index (χ0n) is 18.3. The average Bonchev–Trinajstić information content (AvgIpc) is 3.21. The highest BCUT2D eigenvalue weighted by Gasteiger charge is 2.18. The lowest BCUT2D eigenvalue weighted by Crippen LogP contribution is -2.21. The fourth-order valence-electron chi connectivity index (χ4n) is 4.03. The van der Waals surface area contributed by atoms with Crippen LogP contribution in [0.15, 0.2) is 71.5 Å². The number of imidazole rings is 1. The van der Waals surface area contributed by atoms with E-state index in [4.69, 9.17) is 0 Å². The van der Waals surface area contributed by atoms with E-state index >= 15 is 0 Å². The summed E-state index contributed by atoms with van der Waals surface area (Å²) in [4.78, 5) is 33.9. The normalized spacial score (nSPS) is 12.0. The van der Waals surface area contributed by atoms with Crippen molar-refractivity contribution in [3.63, 3.8) is 0 Å². The third kappa shape index (κ3) is 3.43. The summed E-state index contributed by atoms with van der Waals surface area (Å²) in [5.74, 6) is 0.737. The van der Waals surface area contributed by atoms with Crippen molar-refractivity contribution in [2.45, 2.75) is 32.7 Å². The molecule has 2 N–H and O–H groups in total. The molecule has 3 aromatic carbocycles. The second-order valence-corrected chi connectivity index (χ2v) is 9.07. The number of pyridine rings is 1. The Labute approximate surface area is 184 Å². The maximum Gasteiger partial charge on any atom is 0.244 e.